The van der Waals surface area contributed by atoms with Crippen molar-refractivity contribution in [3.8, 4) is 0 Å². The Balaban J connectivity index is 0.00000716. The smallest absolute Gasteiger partial charge is 0.318 e. The van der Waals surface area contributed by atoms with Crippen LogP contribution in [0.4, 0.5) is 0 Å². The van der Waals surface area contributed by atoms with Gasteiger partial charge in [-0.25, -0.2) is 0 Å². The summed E-state index contributed by atoms with van der Waals surface area (Å²) in [5.74, 6) is -3.14. The number of thioether (sulfide) groups is 1. The first-order valence-corrected chi connectivity index (χ1v) is 20.8. The molecule has 1 aromatic carbocycles. The third-order valence-corrected chi connectivity index (χ3v) is 11.0. The van der Waals surface area contributed by atoms with Gasteiger partial charge < -0.3 is 36.6 Å². The molecule has 2 rings (SSSR count). The number of aliphatic carboxylic acids is 1. The van der Waals surface area contributed by atoms with E-state index < -0.39 is 71.0 Å². The van der Waals surface area contributed by atoms with Gasteiger partial charge in [0.1, 0.15) is 29.4 Å². The van der Waals surface area contributed by atoms with Gasteiger partial charge in [-0.05, 0) is 44.7 Å². The molecule has 0 radical (unpaired) electrons. The van der Waals surface area contributed by atoms with Crippen LogP contribution in [0.25, 0.3) is 0 Å². The van der Waals surface area contributed by atoms with Crippen molar-refractivity contribution < 1.29 is 33.9 Å². The van der Waals surface area contributed by atoms with E-state index in [4.69, 9.17) is 0 Å². The topological polar surface area (TPSA) is 191 Å². The summed E-state index contributed by atoms with van der Waals surface area (Å²) >= 11 is 1.06. The molecule has 5 amide bonds. The van der Waals surface area contributed by atoms with Gasteiger partial charge in [-0.1, -0.05) is 109 Å². The number of carbonyl (C=O) groups is 6. The highest BCUT2D eigenvalue weighted by molar-refractivity contribution is 8.00. The number of benzene rings is 1. The molecule has 0 spiro atoms. The van der Waals surface area contributed by atoms with Gasteiger partial charge in [-0.15, -0.1) is 11.8 Å². The lowest BCUT2D eigenvalue weighted by Crippen LogP contribution is -2.59. The molecule has 14 heteroatoms. The van der Waals surface area contributed by atoms with Gasteiger partial charge in [0.25, 0.3) is 0 Å². The molecular formula is C40H68N6O7S. The fourth-order valence-corrected chi connectivity index (χ4v) is 7.58. The van der Waals surface area contributed by atoms with Crippen LogP contribution in [0.2, 0.25) is 0 Å². The molecule has 1 saturated heterocycles. The molecule has 1 fully saturated rings. The van der Waals surface area contributed by atoms with E-state index in [1.807, 2.05) is 58.0 Å². The molecule has 54 heavy (non-hydrogen) atoms. The first kappa shape index (κ1) is 48.4. The molecule has 1 aliphatic rings. The SMILES string of the molecule is CCCCC1NC(=O)CCSC(C(=O)O)C(Cc2ccccc2)NC(=O)C(CCCC)N(C)C(=O)C(CCCC)NC(=O)C(CCCC)N(C)C1=O.CN. The fraction of sp³-hybridized carbons (Fsp3) is 0.700. The maximum atomic E-state index is 14.3. The number of likely N-dealkylation sites (N-methyl/N-ethyl adjacent to an activating group) is 2. The number of amides is 5. The Labute approximate surface area is 327 Å². The van der Waals surface area contributed by atoms with Gasteiger partial charge in [0.05, 0.1) is 6.04 Å². The van der Waals surface area contributed by atoms with E-state index in [0.29, 0.717) is 51.4 Å². The monoisotopic (exact) mass is 776 g/mol. The molecule has 0 saturated carbocycles. The summed E-state index contributed by atoms with van der Waals surface area (Å²) in [4.78, 5) is 85.4. The van der Waals surface area contributed by atoms with Crippen LogP contribution in [0.1, 0.15) is 117 Å². The van der Waals surface area contributed by atoms with Crippen molar-refractivity contribution in [2.24, 2.45) is 5.73 Å². The summed E-state index contributed by atoms with van der Waals surface area (Å²) in [6.07, 6.45) is 7.36. The van der Waals surface area contributed by atoms with Gasteiger partial charge in [-0.2, -0.15) is 0 Å². The van der Waals surface area contributed by atoms with Crippen molar-refractivity contribution in [2.75, 3.05) is 26.9 Å². The Kier molecular flexibility index (Phi) is 24.2. The highest BCUT2D eigenvalue weighted by atomic mass is 32.2. The zero-order chi connectivity index (χ0) is 40.6. The fourth-order valence-electron chi connectivity index (χ4n) is 6.48. The normalized spacial score (nSPS) is 23.9. The molecule has 0 aliphatic carbocycles. The molecule has 1 aliphatic heterocycles. The third-order valence-electron chi connectivity index (χ3n) is 9.70. The number of nitrogens with two attached hydrogens (primary N) is 1. The molecule has 13 nitrogen and oxygen atoms in total. The first-order valence-electron chi connectivity index (χ1n) is 19.8. The summed E-state index contributed by atoms with van der Waals surface area (Å²) in [5.41, 5.74) is 5.33. The Hall–Kier alpha value is -3.65. The Morgan fingerprint density at radius 2 is 1.17 bits per heavy atom. The molecule has 306 valence electrons. The van der Waals surface area contributed by atoms with Crippen LogP contribution in [0, 0.1) is 0 Å². The van der Waals surface area contributed by atoms with Crippen LogP contribution < -0.4 is 21.7 Å². The summed E-state index contributed by atoms with van der Waals surface area (Å²) in [7, 11) is 4.63. The summed E-state index contributed by atoms with van der Waals surface area (Å²) in [6, 6.07) is 4.80. The lowest BCUT2D eigenvalue weighted by atomic mass is 10.00. The minimum absolute atomic E-state index is 0.0463. The maximum Gasteiger partial charge on any atom is 0.318 e. The number of carboxylic acids is 1. The zero-order valence-electron chi connectivity index (χ0n) is 33.7. The van der Waals surface area contributed by atoms with Crippen molar-refractivity contribution in [2.45, 2.75) is 153 Å². The van der Waals surface area contributed by atoms with Crippen LogP contribution in [0.5, 0.6) is 0 Å². The molecule has 0 bridgehead atoms. The summed E-state index contributed by atoms with van der Waals surface area (Å²) < 4.78 is 0. The highest BCUT2D eigenvalue weighted by Gasteiger charge is 2.38. The number of carbonyl (C=O) groups excluding carboxylic acids is 5. The second-order valence-electron chi connectivity index (χ2n) is 13.9. The number of carboxylic acid groups (broad SMARTS) is 1. The lowest BCUT2D eigenvalue weighted by Gasteiger charge is -2.34. The number of nitrogens with zero attached hydrogens (tertiary/aromatic N) is 2. The lowest BCUT2D eigenvalue weighted by molar-refractivity contribution is -0.145. The zero-order valence-corrected chi connectivity index (χ0v) is 34.6. The predicted molar refractivity (Wildman–Crippen MR) is 216 cm³/mol. The van der Waals surface area contributed by atoms with Crippen molar-refractivity contribution in [3.63, 3.8) is 0 Å². The van der Waals surface area contributed by atoms with Crippen LogP contribution in [0.15, 0.2) is 30.3 Å². The predicted octanol–water partition coefficient (Wildman–Crippen LogP) is 4.26. The quantitative estimate of drug-likeness (QED) is 0.173. The molecular weight excluding hydrogens is 709 g/mol. The van der Waals surface area contributed by atoms with E-state index in [-0.39, 0.29) is 18.6 Å². The second kappa shape index (κ2) is 27.0. The highest BCUT2D eigenvalue weighted by Crippen LogP contribution is 2.22. The van der Waals surface area contributed by atoms with Crippen LogP contribution in [-0.2, 0) is 35.2 Å². The molecule has 1 heterocycles. The minimum Gasteiger partial charge on any atom is -0.480 e. The maximum absolute atomic E-state index is 14.3. The van der Waals surface area contributed by atoms with Gasteiger partial charge in [0.2, 0.25) is 29.5 Å². The number of nitrogens with one attached hydrogen (secondary N) is 3. The number of hydrogen-bond acceptors (Lipinski definition) is 8. The first-order chi connectivity index (χ1) is 25.9. The molecule has 0 aromatic heterocycles. The number of hydrogen-bond donors (Lipinski definition) is 5. The number of unbranched alkanes of at least 4 members (excludes halogenated alkanes) is 4. The van der Waals surface area contributed by atoms with E-state index >= 15 is 0 Å². The van der Waals surface area contributed by atoms with Crippen molar-refractivity contribution in [1.29, 1.82) is 0 Å². The van der Waals surface area contributed by atoms with Gasteiger partial charge in [0.15, 0.2) is 0 Å². The molecule has 6 unspecified atom stereocenters. The number of rotatable bonds is 15. The Morgan fingerprint density at radius 1 is 0.722 bits per heavy atom. The summed E-state index contributed by atoms with van der Waals surface area (Å²) in [6.45, 7) is 7.96. The van der Waals surface area contributed by atoms with Gasteiger partial charge >= 0.3 is 5.97 Å². The van der Waals surface area contributed by atoms with Gasteiger partial charge in [0, 0.05) is 26.3 Å². The molecule has 6 atom stereocenters. The van der Waals surface area contributed by atoms with Crippen LogP contribution in [0.3, 0.4) is 0 Å². The van der Waals surface area contributed by atoms with E-state index in [2.05, 4.69) is 21.7 Å². The van der Waals surface area contributed by atoms with Crippen molar-refractivity contribution in [3.05, 3.63) is 35.9 Å². The second-order valence-corrected chi connectivity index (χ2v) is 15.1. The Bertz CT molecular complexity index is 1300. The van der Waals surface area contributed by atoms with Crippen molar-refractivity contribution >= 4 is 47.3 Å². The van der Waals surface area contributed by atoms with Crippen LogP contribution >= 0.6 is 11.8 Å². The van der Waals surface area contributed by atoms with Crippen molar-refractivity contribution in [1.82, 2.24) is 25.8 Å². The largest absolute Gasteiger partial charge is 0.480 e. The standard InChI is InChI=1S/C39H63N5O7S.CH5N/c1-7-11-20-28-37(48)43(5)31(22-13-9-3)35(46)41-29(21-12-8-2)38(49)44(6)32(23-14-10-4)36(47)42-30(26-27-18-16-15-17-19-27)34(39(50)51)52-25-24-33(45)40-28;1-2/h15-19,28-32,34H,7-14,20-26H2,1-6H3,(H,40,45)(H,41,46)(H,42,47)(H,50,51);2H2,1H3. The van der Waals surface area contributed by atoms with E-state index in [9.17, 15) is 33.9 Å². The average molecular weight is 777 g/mol. The third kappa shape index (κ3) is 16.0. The average Bonchev–Trinajstić information content (AvgIpc) is 3.16. The van der Waals surface area contributed by atoms with E-state index in [0.717, 1.165) is 43.0 Å². The van der Waals surface area contributed by atoms with Crippen LogP contribution in [-0.4, -0.2) is 113 Å². The Morgan fingerprint density at radius 3 is 1.63 bits per heavy atom. The molecule has 6 N–H and O–H groups in total. The van der Waals surface area contributed by atoms with E-state index in [1.165, 1.54) is 16.8 Å². The molecule has 1 aromatic rings. The van der Waals surface area contributed by atoms with Gasteiger partial charge in [-0.3, -0.25) is 28.8 Å². The minimum atomic E-state index is -1.13. The summed E-state index contributed by atoms with van der Waals surface area (Å²) in [5, 5.41) is 18.1. The van der Waals surface area contributed by atoms with E-state index in [1.54, 1.807) is 14.1 Å².